The summed E-state index contributed by atoms with van der Waals surface area (Å²) in [6.07, 6.45) is 1.01. The highest BCUT2D eigenvalue weighted by atomic mass is 35.5. The summed E-state index contributed by atoms with van der Waals surface area (Å²) in [5.74, 6) is 0.436. The lowest BCUT2D eigenvalue weighted by Gasteiger charge is -2.21. The number of amides is 1. The molecule has 1 amide bonds. The van der Waals surface area contributed by atoms with E-state index in [9.17, 15) is 4.79 Å². The third kappa shape index (κ3) is 4.38. The zero-order chi connectivity index (χ0) is 15.5. The summed E-state index contributed by atoms with van der Waals surface area (Å²) >= 11 is 0. The summed E-state index contributed by atoms with van der Waals surface area (Å²) in [4.78, 5) is 19.7. The lowest BCUT2D eigenvalue weighted by Crippen LogP contribution is -2.34. The molecule has 1 fully saturated rings. The number of fused-ring (bicyclic) bond motifs is 1. The topological polar surface area (TPSA) is 45.2 Å². The standard InChI is InChI=1S/C18H23N3O.2ClH/c1-13(2)17-12-15(14-6-3-4-7-16(14)20-17)18(22)21-10-5-8-19-9-11-21;;/h3-4,6-7,12-13,19H,5,8-11H2,1-2H3;2*1H. The highest BCUT2D eigenvalue weighted by Gasteiger charge is 2.20. The van der Waals surface area contributed by atoms with Gasteiger partial charge in [0, 0.05) is 30.7 Å². The van der Waals surface area contributed by atoms with E-state index in [1.165, 1.54) is 0 Å². The van der Waals surface area contributed by atoms with E-state index in [1.54, 1.807) is 0 Å². The molecule has 0 saturated carbocycles. The molecule has 1 aliphatic rings. The Morgan fingerprint density at radius 2 is 1.92 bits per heavy atom. The first-order valence-corrected chi connectivity index (χ1v) is 8.06. The first-order chi connectivity index (χ1) is 10.7. The van der Waals surface area contributed by atoms with Crippen LogP contribution in [0.5, 0.6) is 0 Å². The van der Waals surface area contributed by atoms with Crippen LogP contribution in [0, 0.1) is 0 Å². The van der Waals surface area contributed by atoms with Crippen LogP contribution in [-0.2, 0) is 0 Å². The van der Waals surface area contributed by atoms with Gasteiger partial charge in [0.2, 0.25) is 0 Å². The Morgan fingerprint density at radius 3 is 2.67 bits per heavy atom. The van der Waals surface area contributed by atoms with Crippen LogP contribution in [-0.4, -0.2) is 42.0 Å². The van der Waals surface area contributed by atoms with Crippen LogP contribution in [0.15, 0.2) is 30.3 Å². The quantitative estimate of drug-likeness (QED) is 0.878. The number of halogens is 2. The number of nitrogens with one attached hydrogen (secondary N) is 1. The van der Waals surface area contributed by atoms with Crippen molar-refractivity contribution in [3.8, 4) is 0 Å². The monoisotopic (exact) mass is 369 g/mol. The molecule has 4 nitrogen and oxygen atoms in total. The van der Waals surface area contributed by atoms with Gasteiger partial charge in [-0.15, -0.1) is 24.8 Å². The van der Waals surface area contributed by atoms with E-state index < -0.39 is 0 Å². The summed E-state index contributed by atoms with van der Waals surface area (Å²) in [5.41, 5.74) is 2.68. The molecule has 1 N–H and O–H groups in total. The third-order valence-corrected chi connectivity index (χ3v) is 4.19. The average molecular weight is 370 g/mol. The predicted molar refractivity (Wildman–Crippen MR) is 104 cm³/mol. The van der Waals surface area contributed by atoms with Crippen molar-refractivity contribution < 1.29 is 4.79 Å². The minimum Gasteiger partial charge on any atom is -0.337 e. The molecule has 0 unspecified atom stereocenters. The molecule has 6 heteroatoms. The van der Waals surface area contributed by atoms with E-state index in [2.05, 4.69) is 19.2 Å². The molecule has 1 aliphatic heterocycles. The van der Waals surface area contributed by atoms with Crippen LogP contribution in [0.4, 0.5) is 0 Å². The number of benzene rings is 1. The number of aromatic nitrogens is 1. The summed E-state index contributed by atoms with van der Waals surface area (Å²) in [6.45, 7) is 7.67. The average Bonchev–Trinajstić information content (AvgIpc) is 2.82. The summed E-state index contributed by atoms with van der Waals surface area (Å²) in [5, 5.41) is 4.30. The van der Waals surface area contributed by atoms with Gasteiger partial charge in [0.15, 0.2) is 0 Å². The van der Waals surface area contributed by atoms with E-state index in [-0.39, 0.29) is 30.7 Å². The van der Waals surface area contributed by atoms with Gasteiger partial charge in [0.05, 0.1) is 11.1 Å². The number of nitrogens with zero attached hydrogens (tertiary/aromatic N) is 2. The molecule has 0 radical (unpaired) electrons. The maximum atomic E-state index is 13.0. The number of pyridine rings is 1. The van der Waals surface area contributed by atoms with Crippen LogP contribution < -0.4 is 5.32 Å². The zero-order valence-electron chi connectivity index (χ0n) is 14.1. The van der Waals surface area contributed by atoms with Crippen LogP contribution in [0.2, 0.25) is 0 Å². The molecule has 2 heterocycles. The van der Waals surface area contributed by atoms with Gasteiger partial charge in [0.25, 0.3) is 5.91 Å². The third-order valence-electron chi connectivity index (χ3n) is 4.19. The first-order valence-electron chi connectivity index (χ1n) is 8.06. The van der Waals surface area contributed by atoms with Crippen LogP contribution in [0.25, 0.3) is 10.9 Å². The molecule has 0 aliphatic carbocycles. The fraction of sp³-hybridized carbons (Fsp3) is 0.444. The van der Waals surface area contributed by atoms with E-state index in [4.69, 9.17) is 4.98 Å². The highest BCUT2D eigenvalue weighted by molar-refractivity contribution is 6.06. The molecule has 2 aromatic rings. The molecule has 1 aromatic heterocycles. The second-order valence-electron chi connectivity index (χ2n) is 6.16. The van der Waals surface area contributed by atoms with Crippen molar-refractivity contribution >= 4 is 41.6 Å². The van der Waals surface area contributed by atoms with Crippen molar-refractivity contribution in [2.24, 2.45) is 0 Å². The first kappa shape index (κ1) is 20.7. The Hall–Kier alpha value is -1.36. The molecule has 1 saturated heterocycles. The van der Waals surface area contributed by atoms with Crippen molar-refractivity contribution in [1.82, 2.24) is 15.2 Å². The van der Waals surface area contributed by atoms with Crippen molar-refractivity contribution in [3.63, 3.8) is 0 Å². The fourth-order valence-corrected chi connectivity index (χ4v) is 2.89. The molecule has 0 spiro atoms. The Bertz CT molecular complexity index is 683. The normalized spacial score (nSPS) is 14.7. The Labute approximate surface area is 155 Å². The molecule has 24 heavy (non-hydrogen) atoms. The van der Waals surface area contributed by atoms with Crippen molar-refractivity contribution in [3.05, 3.63) is 41.6 Å². The molecule has 1 aromatic carbocycles. The largest absolute Gasteiger partial charge is 0.337 e. The molecule has 132 valence electrons. The smallest absolute Gasteiger partial charge is 0.254 e. The van der Waals surface area contributed by atoms with E-state index >= 15 is 0 Å². The molecule has 0 atom stereocenters. The van der Waals surface area contributed by atoms with Gasteiger partial charge in [-0.2, -0.15) is 0 Å². The summed E-state index contributed by atoms with van der Waals surface area (Å²) < 4.78 is 0. The Kier molecular flexibility index (Phi) is 7.94. The number of rotatable bonds is 2. The van der Waals surface area contributed by atoms with Gasteiger partial charge in [0.1, 0.15) is 0 Å². The van der Waals surface area contributed by atoms with Gasteiger partial charge in [-0.3, -0.25) is 9.78 Å². The van der Waals surface area contributed by atoms with Gasteiger partial charge in [-0.1, -0.05) is 32.0 Å². The van der Waals surface area contributed by atoms with Crippen LogP contribution in [0.3, 0.4) is 0 Å². The molecule has 0 bridgehead atoms. The Balaban J connectivity index is 0.00000144. The number of hydrogen-bond donors (Lipinski definition) is 1. The minimum absolute atomic E-state index is 0. The van der Waals surface area contributed by atoms with Crippen molar-refractivity contribution in [2.75, 3.05) is 26.2 Å². The molecular formula is C18H25Cl2N3O. The van der Waals surface area contributed by atoms with Crippen LogP contribution >= 0.6 is 24.8 Å². The lowest BCUT2D eigenvalue weighted by molar-refractivity contribution is 0.0768. The maximum Gasteiger partial charge on any atom is 0.254 e. The zero-order valence-corrected chi connectivity index (χ0v) is 15.8. The number of carbonyl (C=O) groups is 1. The van der Waals surface area contributed by atoms with Gasteiger partial charge >= 0.3 is 0 Å². The number of para-hydroxylation sites is 1. The van der Waals surface area contributed by atoms with Crippen LogP contribution in [0.1, 0.15) is 42.2 Å². The van der Waals surface area contributed by atoms with Crippen molar-refractivity contribution in [2.45, 2.75) is 26.2 Å². The minimum atomic E-state index is 0. The Morgan fingerprint density at radius 1 is 1.17 bits per heavy atom. The van der Waals surface area contributed by atoms with Crippen molar-refractivity contribution in [1.29, 1.82) is 0 Å². The SMILES string of the molecule is CC(C)c1cc(C(=O)N2CCCNCC2)c2ccccc2n1.Cl.Cl. The second kappa shape index (κ2) is 9.21. The predicted octanol–water partition coefficient (Wildman–Crippen LogP) is 3.64. The summed E-state index contributed by atoms with van der Waals surface area (Å²) in [7, 11) is 0. The number of hydrogen-bond acceptors (Lipinski definition) is 3. The van der Waals surface area contributed by atoms with E-state index in [0.717, 1.165) is 54.8 Å². The van der Waals surface area contributed by atoms with Gasteiger partial charge < -0.3 is 10.2 Å². The summed E-state index contributed by atoms with van der Waals surface area (Å²) in [6, 6.07) is 9.91. The highest BCUT2D eigenvalue weighted by Crippen LogP contribution is 2.23. The van der Waals surface area contributed by atoms with Gasteiger partial charge in [-0.05, 0) is 31.0 Å². The molecule has 3 rings (SSSR count). The fourth-order valence-electron chi connectivity index (χ4n) is 2.89. The number of carbonyl (C=O) groups excluding carboxylic acids is 1. The second-order valence-corrected chi connectivity index (χ2v) is 6.16. The molecular weight excluding hydrogens is 345 g/mol. The van der Waals surface area contributed by atoms with E-state index in [0.29, 0.717) is 5.92 Å². The van der Waals surface area contributed by atoms with E-state index in [1.807, 2.05) is 35.2 Å². The lowest BCUT2D eigenvalue weighted by atomic mass is 10.0. The maximum absolute atomic E-state index is 13.0. The van der Waals surface area contributed by atoms with Gasteiger partial charge in [-0.25, -0.2) is 0 Å².